The Hall–Kier alpha value is -3.21. The van der Waals surface area contributed by atoms with Crippen molar-refractivity contribution in [1.29, 1.82) is 0 Å². The standard InChI is InChI=1S/C27H26N2O3/c1-14-8-10-19-18(12-14)22-24-23(29-21-13-15(26(30)31)9-11-20(21)28-24)16-6-4-5-7-17(16)25(22)32-27(19,2)3/h4-7,9,11,13-14,18-19H,8,10,12H2,1-3H3,(H,30,31)/t14-,18-,19-/m0/s1. The van der Waals surface area contributed by atoms with Crippen molar-refractivity contribution >= 4 is 38.8 Å². The molecule has 0 bridgehead atoms. The van der Waals surface area contributed by atoms with Crippen molar-refractivity contribution in [3.05, 3.63) is 53.6 Å². The monoisotopic (exact) mass is 426 g/mol. The number of benzene rings is 3. The van der Waals surface area contributed by atoms with Crippen molar-refractivity contribution in [3.8, 4) is 5.75 Å². The topological polar surface area (TPSA) is 72.3 Å². The van der Waals surface area contributed by atoms with Crippen LogP contribution in [0.4, 0.5) is 0 Å². The molecule has 0 saturated heterocycles. The molecule has 0 spiro atoms. The van der Waals surface area contributed by atoms with Gasteiger partial charge in [-0.2, -0.15) is 0 Å². The third kappa shape index (κ3) is 2.73. The zero-order valence-corrected chi connectivity index (χ0v) is 18.6. The summed E-state index contributed by atoms with van der Waals surface area (Å²) in [7, 11) is 0. The van der Waals surface area contributed by atoms with Gasteiger partial charge in [-0.3, -0.25) is 0 Å². The summed E-state index contributed by atoms with van der Waals surface area (Å²) in [6, 6.07) is 13.2. The molecule has 2 aliphatic rings. The summed E-state index contributed by atoms with van der Waals surface area (Å²) >= 11 is 0. The Morgan fingerprint density at radius 1 is 1.03 bits per heavy atom. The Bertz CT molecular complexity index is 1430. The van der Waals surface area contributed by atoms with E-state index in [9.17, 15) is 9.90 Å². The van der Waals surface area contributed by atoms with Crippen molar-refractivity contribution in [2.45, 2.75) is 51.6 Å². The van der Waals surface area contributed by atoms with Crippen molar-refractivity contribution in [3.63, 3.8) is 0 Å². The van der Waals surface area contributed by atoms with E-state index in [0.717, 1.165) is 40.4 Å². The summed E-state index contributed by atoms with van der Waals surface area (Å²) in [5, 5.41) is 11.5. The van der Waals surface area contributed by atoms with Crippen LogP contribution in [-0.2, 0) is 0 Å². The first-order valence-corrected chi connectivity index (χ1v) is 11.4. The van der Waals surface area contributed by atoms with Crippen LogP contribution >= 0.6 is 0 Å². The maximum Gasteiger partial charge on any atom is 0.335 e. The molecule has 1 N–H and O–H groups in total. The van der Waals surface area contributed by atoms with E-state index in [1.54, 1.807) is 18.2 Å². The Morgan fingerprint density at radius 2 is 1.78 bits per heavy atom. The average Bonchev–Trinajstić information content (AvgIpc) is 2.77. The van der Waals surface area contributed by atoms with Crippen molar-refractivity contribution < 1.29 is 14.6 Å². The normalized spacial score (nSPS) is 24.2. The largest absolute Gasteiger partial charge is 0.487 e. The van der Waals surface area contributed by atoms with E-state index in [4.69, 9.17) is 14.7 Å². The fraction of sp³-hybridized carbons (Fsp3) is 0.370. The molecule has 1 fully saturated rings. The van der Waals surface area contributed by atoms with E-state index in [1.807, 2.05) is 12.1 Å². The number of carboxylic acid groups (broad SMARTS) is 1. The van der Waals surface area contributed by atoms with E-state index in [0.29, 0.717) is 28.8 Å². The Morgan fingerprint density at radius 3 is 2.56 bits per heavy atom. The number of nitrogens with zero attached hydrogens (tertiary/aromatic N) is 2. The Labute approximate surface area is 186 Å². The minimum Gasteiger partial charge on any atom is -0.487 e. The van der Waals surface area contributed by atoms with E-state index >= 15 is 0 Å². The van der Waals surface area contributed by atoms with Crippen LogP contribution in [0.2, 0.25) is 0 Å². The third-order valence-corrected chi connectivity index (χ3v) is 7.58. The van der Waals surface area contributed by atoms with Gasteiger partial charge in [0, 0.05) is 22.3 Å². The Balaban J connectivity index is 1.74. The molecule has 5 heteroatoms. The van der Waals surface area contributed by atoms with Gasteiger partial charge in [0.05, 0.1) is 27.6 Å². The third-order valence-electron chi connectivity index (χ3n) is 7.58. The highest BCUT2D eigenvalue weighted by atomic mass is 16.5. The Kier molecular flexibility index (Phi) is 4.04. The maximum atomic E-state index is 11.5. The highest BCUT2D eigenvalue weighted by molar-refractivity contribution is 6.11. The molecular formula is C27H26N2O3. The SMILES string of the molecule is C[C@H]1CC[C@H]2[C@H](C1)c1c(c3ccccc3c3nc4cc(C(=O)O)ccc4nc13)OC2(C)C. The highest BCUT2D eigenvalue weighted by Crippen LogP contribution is 2.56. The fourth-order valence-corrected chi connectivity index (χ4v) is 6.03. The van der Waals surface area contributed by atoms with Gasteiger partial charge in [0.2, 0.25) is 0 Å². The molecule has 32 heavy (non-hydrogen) atoms. The van der Waals surface area contributed by atoms with E-state index in [2.05, 4.69) is 32.9 Å². The first kappa shape index (κ1) is 19.5. The van der Waals surface area contributed by atoms with Crippen LogP contribution in [0.15, 0.2) is 42.5 Å². The van der Waals surface area contributed by atoms with Gasteiger partial charge in [0.15, 0.2) is 0 Å². The highest BCUT2D eigenvalue weighted by Gasteiger charge is 2.47. The second kappa shape index (κ2) is 6.64. The van der Waals surface area contributed by atoms with Crippen LogP contribution < -0.4 is 4.74 Å². The second-order valence-electron chi connectivity index (χ2n) is 10.1. The number of hydrogen-bond donors (Lipinski definition) is 1. The molecule has 5 nitrogen and oxygen atoms in total. The fourth-order valence-electron chi connectivity index (χ4n) is 6.03. The lowest BCUT2D eigenvalue weighted by Gasteiger charge is -2.49. The molecule has 1 saturated carbocycles. The molecule has 0 amide bonds. The van der Waals surface area contributed by atoms with Crippen LogP contribution in [-0.4, -0.2) is 26.6 Å². The zero-order valence-electron chi connectivity index (χ0n) is 18.6. The van der Waals surface area contributed by atoms with Crippen molar-refractivity contribution in [2.75, 3.05) is 0 Å². The number of carbonyl (C=O) groups is 1. The summed E-state index contributed by atoms with van der Waals surface area (Å²) in [6.07, 6.45) is 3.49. The number of rotatable bonds is 1. The molecule has 0 unspecified atom stereocenters. The zero-order chi connectivity index (χ0) is 22.2. The summed E-state index contributed by atoms with van der Waals surface area (Å²) < 4.78 is 6.76. The first-order valence-electron chi connectivity index (χ1n) is 11.4. The molecule has 1 aliphatic heterocycles. The molecule has 3 aromatic carbocycles. The van der Waals surface area contributed by atoms with Crippen LogP contribution in [0.25, 0.3) is 32.8 Å². The van der Waals surface area contributed by atoms with E-state index in [-0.39, 0.29) is 11.2 Å². The molecular weight excluding hydrogens is 400 g/mol. The lowest BCUT2D eigenvalue weighted by molar-refractivity contribution is -0.0115. The molecule has 3 atom stereocenters. The first-order chi connectivity index (χ1) is 15.3. The van der Waals surface area contributed by atoms with Gasteiger partial charge in [0.25, 0.3) is 0 Å². The van der Waals surface area contributed by atoms with Crippen molar-refractivity contribution in [2.24, 2.45) is 11.8 Å². The van der Waals surface area contributed by atoms with Crippen LogP contribution in [0, 0.1) is 11.8 Å². The minimum absolute atomic E-state index is 0.222. The predicted octanol–water partition coefficient (Wildman–Crippen LogP) is 6.33. The summed E-state index contributed by atoms with van der Waals surface area (Å²) in [4.78, 5) is 21.5. The van der Waals surface area contributed by atoms with Gasteiger partial charge in [-0.25, -0.2) is 14.8 Å². The number of carboxylic acids is 1. The van der Waals surface area contributed by atoms with Crippen molar-refractivity contribution in [1.82, 2.24) is 9.97 Å². The summed E-state index contributed by atoms with van der Waals surface area (Å²) in [5.74, 6) is 1.45. The number of aromatic carboxylic acids is 1. The predicted molar refractivity (Wildman–Crippen MR) is 125 cm³/mol. The van der Waals surface area contributed by atoms with Gasteiger partial charge in [0.1, 0.15) is 11.4 Å². The number of ether oxygens (including phenoxy) is 1. The lowest BCUT2D eigenvalue weighted by atomic mass is 9.64. The lowest BCUT2D eigenvalue weighted by Crippen LogP contribution is -2.46. The molecule has 162 valence electrons. The van der Waals surface area contributed by atoms with Gasteiger partial charge < -0.3 is 9.84 Å². The van der Waals surface area contributed by atoms with Gasteiger partial charge in [-0.15, -0.1) is 0 Å². The molecule has 1 aromatic heterocycles. The van der Waals surface area contributed by atoms with E-state index in [1.165, 1.54) is 12.0 Å². The van der Waals surface area contributed by atoms with Gasteiger partial charge in [-0.05, 0) is 56.7 Å². The van der Waals surface area contributed by atoms with Gasteiger partial charge >= 0.3 is 5.97 Å². The minimum atomic E-state index is -0.959. The molecule has 2 heterocycles. The average molecular weight is 427 g/mol. The summed E-state index contributed by atoms with van der Waals surface area (Å²) in [6.45, 7) is 6.79. The van der Waals surface area contributed by atoms with Crippen LogP contribution in [0.5, 0.6) is 5.75 Å². The summed E-state index contributed by atoms with van der Waals surface area (Å²) in [5.41, 5.74) is 4.21. The molecule has 6 rings (SSSR count). The van der Waals surface area contributed by atoms with Crippen LogP contribution in [0.3, 0.4) is 0 Å². The van der Waals surface area contributed by atoms with E-state index < -0.39 is 5.97 Å². The number of aromatic nitrogens is 2. The molecule has 1 aliphatic carbocycles. The quantitative estimate of drug-likeness (QED) is 0.285. The molecule has 0 radical (unpaired) electrons. The van der Waals surface area contributed by atoms with Crippen LogP contribution in [0.1, 0.15) is 61.9 Å². The smallest absolute Gasteiger partial charge is 0.335 e. The van der Waals surface area contributed by atoms with Gasteiger partial charge in [-0.1, -0.05) is 37.6 Å². The second-order valence-corrected chi connectivity index (χ2v) is 10.1. The number of hydrogen-bond acceptors (Lipinski definition) is 4. The maximum absolute atomic E-state index is 11.5. The molecule has 4 aromatic rings. The number of fused-ring (bicyclic) bond motifs is 9.